The van der Waals surface area contributed by atoms with E-state index in [0.717, 1.165) is 16.9 Å². The van der Waals surface area contributed by atoms with Crippen molar-refractivity contribution in [2.45, 2.75) is 25.0 Å². The maximum atomic E-state index is 11.4. The quantitative estimate of drug-likeness (QED) is 0.306. The molecule has 1 atom stereocenters. The maximum absolute atomic E-state index is 11.4. The van der Waals surface area contributed by atoms with Crippen molar-refractivity contribution >= 4 is 46.3 Å². The van der Waals surface area contributed by atoms with Gasteiger partial charge in [0, 0.05) is 23.0 Å². The van der Waals surface area contributed by atoms with E-state index in [4.69, 9.17) is 27.9 Å². The number of hydrogen-bond donors (Lipinski definition) is 0. The molecule has 3 aromatic carbocycles. The molecule has 0 aromatic heterocycles. The first kappa shape index (κ1) is 19.9. The van der Waals surface area contributed by atoms with Crippen molar-refractivity contribution in [2.24, 2.45) is 0 Å². The minimum atomic E-state index is -0.923. The minimum Gasteiger partial charge on any atom is -0.462 e. The predicted molar refractivity (Wildman–Crippen MR) is 124 cm³/mol. The Kier molecular flexibility index (Phi) is 4.33. The van der Waals surface area contributed by atoms with Gasteiger partial charge in [0.25, 0.3) is 0 Å². The average Bonchev–Trinajstić information content (AvgIpc) is 2.92. The fourth-order valence-corrected chi connectivity index (χ4v) is 5.26. The summed E-state index contributed by atoms with van der Waals surface area (Å²) in [6, 6.07) is 19.7. The fraction of sp³-hybridized carbons (Fsp3) is 0.167. The molecule has 2 aliphatic heterocycles. The Morgan fingerprint density at radius 2 is 1.71 bits per heavy atom. The van der Waals surface area contributed by atoms with Crippen LogP contribution in [0.15, 0.2) is 66.7 Å². The van der Waals surface area contributed by atoms with Crippen molar-refractivity contribution in [3.05, 3.63) is 98.0 Å². The molecule has 1 unspecified atom stereocenters. The minimum absolute atomic E-state index is 0.0295. The SMILES string of the molecule is CC1(C)c2ccccc2N(c2ccccc2)C12C=Cc1c(cc(Cl)c([N+](=O)[O-])c1Cl)O2. The molecule has 5 rings (SSSR count). The molecular formula is C24H18Cl2N2O3. The summed E-state index contributed by atoms with van der Waals surface area (Å²) in [5, 5.41) is 11.3. The Balaban J connectivity index is 1.76. The molecule has 0 amide bonds. The Bertz CT molecular complexity index is 1260. The zero-order chi connectivity index (χ0) is 22.0. The van der Waals surface area contributed by atoms with Gasteiger partial charge in [-0.25, -0.2) is 0 Å². The highest BCUT2D eigenvalue weighted by atomic mass is 35.5. The first-order chi connectivity index (χ1) is 14.8. The zero-order valence-electron chi connectivity index (χ0n) is 16.8. The van der Waals surface area contributed by atoms with E-state index in [2.05, 4.69) is 30.9 Å². The van der Waals surface area contributed by atoms with Gasteiger partial charge in [0.15, 0.2) is 0 Å². The highest BCUT2D eigenvalue weighted by Gasteiger charge is 2.59. The van der Waals surface area contributed by atoms with Gasteiger partial charge < -0.3 is 4.74 Å². The predicted octanol–water partition coefficient (Wildman–Crippen LogP) is 7.13. The molecule has 0 saturated carbocycles. The van der Waals surface area contributed by atoms with Gasteiger partial charge in [-0.3, -0.25) is 15.0 Å². The molecule has 0 fully saturated rings. The molecule has 0 radical (unpaired) electrons. The van der Waals surface area contributed by atoms with Crippen LogP contribution in [0.4, 0.5) is 17.1 Å². The number of rotatable bonds is 2. The number of nitrogens with zero attached hydrogens (tertiary/aromatic N) is 2. The number of para-hydroxylation sites is 2. The van der Waals surface area contributed by atoms with Crippen molar-refractivity contribution < 1.29 is 9.66 Å². The molecule has 7 heteroatoms. The number of halogens is 2. The second-order valence-electron chi connectivity index (χ2n) is 8.13. The van der Waals surface area contributed by atoms with E-state index in [1.54, 1.807) is 6.08 Å². The number of benzene rings is 3. The largest absolute Gasteiger partial charge is 0.462 e. The second kappa shape index (κ2) is 6.74. The molecule has 0 saturated heterocycles. The van der Waals surface area contributed by atoms with Crippen molar-refractivity contribution in [1.82, 2.24) is 0 Å². The Hall–Kier alpha value is -3.02. The highest BCUT2D eigenvalue weighted by Crippen LogP contribution is 2.58. The lowest BCUT2D eigenvalue weighted by atomic mass is 9.76. The third-order valence-electron chi connectivity index (χ3n) is 6.18. The third-order valence-corrected chi connectivity index (χ3v) is 6.85. The van der Waals surface area contributed by atoms with E-state index in [-0.39, 0.29) is 15.7 Å². The van der Waals surface area contributed by atoms with Gasteiger partial charge in [0.1, 0.15) is 15.8 Å². The van der Waals surface area contributed by atoms with E-state index in [1.807, 2.05) is 48.5 Å². The van der Waals surface area contributed by atoms with Crippen molar-refractivity contribution in [1.29, 1.82) is 0 Å². The smallest absolute Gasteiger partial charge is 0.307 e. The standard InChI is InChI=1S/C24H18Cl2N2O3/c1-23(2)17-10-6-7-11-19(17)27(15-8-4-3-5-9-15)24(23)13-12-16-20(31-24)14-18(25)22(21(16)26)28(29)30/h3-14H,1-2H3. The molecule has 5 nitrogen and oxygen atoms in total. The zero-order valence-corrected chi connectivity index (χ0v) is 18.3. The van der Waals surface area contributed by atoms with Crippen molar-refractivity contribution in [2.75, 3.05) is 4.90 Å². The number of nitro groups is 1. The molecule has 2 heterocycles. The van der Waals surface area contributed by atoms with E-state index in [1.165, 1.54) is 6.07 Å². The molecule has 0 bridgehead atoms. The summed E-state index contributed by atoms with van der Waals surface area (Å²) in [6.45, 7) is 4.25. The van der Waals surface area contributed by atoms with Crippen LogP contribution in [-0.4, -0.2) is 10.6 Å². The molecule has 2 aliphatic rings. The molecule has 3 aromatic rings. The number of fused-ring (bicyclic) bond motifs is 2. The summed E-state index contributed by atoms with van der Waals surface area (Å²) >= 11 is 12.6. The van der Waals surface area contributed by atoms with Gasteiger partial charge in [-0.2, -0.15) is 0 Å². The topological polar surface area (TPSA) is 55.6 Å². The van der Waals surface area contributed by atoms with Crippen LogP contribution in [0.2, 0.25) is 10.0 Å². The summed E-state index contributed by atoms with van der Waals surface area (Å²) in [5.74, 6) is 0.407. The van der Waals surface area contributed by atoms with Crippen LogP contribution in [0, 0.1) is 10.1 Å². The van der Waals surface area contributed by atoms with Crippen molar-refractivity contribution in [3.63, 3.8) is 0 Å². The van der Waals surface area contributed by atoms with Gasteiger partial charge in [-0.05, 0) is 49.8 Å². The maximum Gasteiger partial charge on any atom is 0.307 e. The number of ether oxygens (including phenoxy) is 1. The van der Waals surface area contributed by atoms with Gasteiger partial charge >= 0.3 is 5.69 Å². The lowest BCUT2D eigenvalue weighted by Gasteiger charge is -2.47. The van der Waals surface area contributed by atoms with E-state index in [9.17, 15) is 10.1 Å². The summed E-state index contributed by atoms with van der Waals surface area (Å²) in [5.41, 5.74) is 1.87. The van der Waals surface area contributed by atoms with E-state index < -0.39 is 16.1 Å². The lowest BCUT2D eigenvalue weighted by Crippen LogP contribution is -2.57. The van der Waals surface area contributed by atoms with Gasteiger partial charge in [-0.15, -0.1) is 0 Å². The summed E-state index contributed by atoms with van der Waals surface area (Å²) in [4.78, 5) is 13.0. The first-order valence-electron chi connectivity index (χ1n) is 9.77. The summed E-state index contributed by atoms with van der Waals surface area (Å²) < 4.78 is 6.69. The van der Waals surface area contributed by atoms with E-state index >= 15 is 0 Å². The Morgan fingerprint density at radius 3 is 2.42 bits per heavy atom. The Morgan fingerprint density at radius 1 is 1.03 bits per heavy atom. The van der Waals surface area contributed by atoms with Crippen LogP contribution >= 0.6 is 23.2 Å². The van der Waals surface area contributed by atoms with E-state index in [0.29, 0.717) is 11.3 Å². The summed E-state index contributed by atoms with van der Waals surface area (Å²) in [7, 11) is 0. The van der Waals surface area contributed by atoms with Crippen molar-refractivity contribution in [3.8, 4) is 5.75 Å². The third kappa shape index (κ3) is 2.63. The highest BCUT2D eigenvalue weighted by molar-refractivity contribution is 6.39. The second-order valence-corrected chi connectivity index (χ2v) is 8.92. The lowest BCUT2D eigenvalue weighted by molar-refractivity contribution is -0.384. The molecule has 156 valence electrons. The van der Waals surface area contributed by atoms with Gasteiger partial charge in [0.2, 0.25) is 5.72 Å². The molecule has 1 spiro atoms. The monoisotopic (exact) mass is 452 g/mol. The van der Waals surface area contributed by atoms with Gasteiger partial charge in [0.05, 0.1) is 10.3 Å². The van der Waals surface area contributed by atoms with Crippen LogP contribution in [0.5, 0.6) is 5.75 Å². The average molecular weight is 453 g/mol. The normalized spacial score (nSPS) is 20.3. The van der Waals surface area contributed by atoms with Crippen LogP contribution in [0.1, 0.15) is 25.0 Å². The number of hydrogen-bond acceptors (Lipinski definition) is 4. The van der Waals surface area contributed by atoms with Crippen LogP contribution in [0.25, 0.3) is 6.08 Å². The molecule has 0 aliphatic carbocycles. The van der Waals surface area contributed by atoms with Gasteiger partial charge in [-0.1, -0.05) is 59.6 Å². The fourth-order valence-electron chi connectivity index (χ4n) is 4.62. The molecule has 0 N–H and O–H groups in total. The first-order valence-corrected chi connectivity index (χ1v) is 10.5. The number of anilines is 2. The van der Waals surface area contributed by atoms with Crippen LogP contribution in [-0.2, 0) is 5.41 Å². The molecular weight excluding hydrogens is 435 g/mol. The Labute approximate surface area is 189 Å². The molecule has 31 heavy (non-hydrogen) atoms. The van der Waals surface area contributed by atoms with Crippen LogP contribution < -0.4 is 9.64 Å². The summed E-state index contributed by atoms with van der Waals surface area (Å²) in [6.07, 6.45) is 3.74. The van der Waals surface area contributed by atoms with Crippen LogP contribution in [0.3, 0.4) is 0 Å². The number of nitro benzene ring substituents is 1.